The summed E-state index contributed by atoms with van der Waals surface area (Å²) in [5.74, 6) is 0.606. The molecule has 2 heterocycles. The van der Waals surface area contributed by atoms with Crippen molar-refractivity contribution in [1.29, 1.82) is 0 Å². The van der Waals surface area contributed by atoms with Crippen molar-refractivity contribution in [3.63, 3.8) is 0 Å². The molecule has 1 amide bonds. The second-order valence-electron chi connectivity index (χ2n) is 7.58. The lowest BCUT2D eigenvalue weighted by Gasteiger charge is -2.34. The van der Waals surface area contributed by atoms with Crippen LogP contribution < -0.4 is 10.2 Å². The van der Waals surface area contributed by atoms with Crippen LogP contribution in [0.5, 0.6) is 0 Å². The van der Waals surface area contributed by atoms with Gasteiger partial charge in [-0.15, -0.1) is 0 Å². The van der Waals surface area contributed by atoms with E-state index in [9.17, 15) is 9.18 Å². The Kier molecular flexibility index (Phi) is 5.52. The number of hydrogen-bond acceptors (Lipinski definition) is 5. The van der Waals surface area contributed by atoms with Gasteiger partial charge in [0.1, 0.15) is 5.82 Å². The van der Waals surface area contributed by atoms with Gasteiger partial charge in [0.05, 0.1) is 5.41 Å². The minimum absolute atomic E-state index is 0.0742. The number of carbonyl (C=O) groups excluding carboxylic acids is 1. The molecule has 1 saturated carbocycles. The molecule has 2 fully saturated rings. The first-order chi connectivity index (χ1) is 13.7. The van der Waals surface area contributed by atoms with Crippen molar-refractivity contribution in [3.05, 3.63) is 54.1 Å². The number of nitrogens with zero attached hydrogens (tertiary/aromatic N) is 4. The highest BCUT2D eigenvalue weighted by atomic mass is 19.1. The molecule has 6 nitrogen and oxygen atoms in total. The molecule has 4 rings (SSSR count). The van der Waals surface area contributed by atoms with Crippen LogP contribution in [0.3, 0.4) is 0 Å². The highest BCUT2D eigenvalue weighted by Crippen LogP contribution is 2.48. The van der Waals surface area contributed by atoms with Crippen LogP contribution in [0, 0.1) is 5.82 Å². The summed E-state index contributed by atoms with van der Waals surface area (Å²) >= 11 is 0. The molecule has 0 spiro atoms. The van der Waals surface area contributed by atoms with E-state index < -0.39 is 5.41 Å². The molecule has 1 saturated heterocycles. The van der Waals surface area contributed by atoms with E-state index in [1.165, 1.54) is 12.1 Å². The molecule has 2 aromatic rings. The van der Waals surface area contributed by atoms with Gasteiger partial charge in [0.25, 0.3) is 0 Å². The topological polar surface area (TPSA) is 61.4 Å². The number of benzene rings is 1. The molecule has 0 atom stereocenters. The van der Waals surface area contributed by atoms with Gasteiger partial charge in [0.2, 0.25) is 11.9 Å². The third-order valence-electron chi connectivity index (χ3n) is 5.73. The Morgan fingerprint density at radius 3 is 2.39 bits per heavy atom. The highest BCUT2D eigenvalue weighted by Gasteiger charge is 2.50. The Morgan fingerprint density at radius 2 is 1.75 bits per heavy atom. The van der Waals surface area contributed by atoms with Gasteiger partial charge >= 0.3 is 0 Å². The minimum Gasteiger partial charge on any atom is -0.355 e. The first-order valence-corrected chi connectivity index (χ1v) is 9.96. The smallest absolute Gasteiger partial charge is 0.230 e. The van der Waals surface area contributed by atoms with E-state index in [2.05, 4.69) is 25.1 Å². The minimum atomic E-state index is -0.436. The average Bonchev–Trinajstić information content (AvgIpc) is 3.55. The molecule has 0 unspecified atom stereocenters. The van der Waals surface area contributed by atoms with E-state index in [-0.39, 0.29) is 11.7 Å². The number of nitrogens with one attached hydrogen (secondary N) is 1. The van der Waals surface area contributed by atoms with Crippen LogP contribution in [0.4, 0.5) is 10.3 Å². The third kappa shape index (κ3) is 4.14. The zero-order chi connectivity index (χ0) is 19.4. The number of hydrogen-bond donors (Lipinski definition) is 1. The second kappa shape index (κ2) is 8.22. The summed E-state index contributed by atoms with van der Waals surface area (Å²) in [4.78, 5) is 25.9. The molecule has 0 bridgehead atoms. The average molecular weight is 383 g/mol. The fraction of sp³-hybridized carbons (Fsp3) is 0.476. The molecule has 1 aliphatic carbocycles. The van der Waals surface area contributed by atoms with Crippen LogP contribution in [0.1, 0.15) is 24.8 Å². The zero-order valence-electron chi connectivity index (χ0n) is 16.0. The number of piperazine rings is 1. The second-order valence-corrected chi connectivity index (χ2v) is 7.58. The van der Waals surface area contributed by atoms with Crippen LogP contribution >= 0.6 is 0 Å². The lowest BCUT2D eigenvalue weighted by atomic mass is 9.95. The Hall–Kier alpha value is -2.54. The van der Waals surface area contributed by atoms with E-state index in [0.29, 0.717) is 6.54 Å². The SMILES string of the molecule is O=C(NCCCN1CCN(c2ncccn2)CC1)C1(c2ccc(F)cc2)CC1. The van der Waals surface area contributed by atoms with E-state index in [4.69, 9.17) is 0 Å². The van der Waals surface area contributed by atoms with Gasteiger partial charge in [-0.3, -0.25) is 9.69 Å². The maximum absolute atomic E-state index is 13.1. The van der Waals surface area contributed by atoms with Crippen molar-refractivity contribution in [2.24, 2.45) is 0 Å². The molecular weight excluding hydrogens is 357 g/mol. The van der Waals surface area contributed by atoms with Gasteiger partial charge in [-0.05, 0) is 49.6 Å². The molecule has 1 aromatic heterocycles. The van der Waals surface area contributed by atoms with Gasteiger partial charge in [0, 0.05) is 45.1 Å². The largest absolute Gasteiger partial charge is 0.355 e. The van der Waals surface area contributed by atoms with Crippen molar-refractivity contribution in [3.8, 4) is 0 Å². The highest BCUT2D eigenvalue weighted by molar-refractivity contribution is 5.91. The normalized spacial score (nSPS) is 18.7. The Balaban J connectivity index is 1.17. The number of amides is 1. The third-order valence-corrected chi connectivity index (χ3v) is 5.73. The molecule has 1 aliphatic heterocycles. The number of halogens is 1. The zero-order valence-corrected chi connectivity index (χ0v) is 16.0. The number of carbonyl (C=O) groups is 1. The van der Waals surface area contributed by atoms with Gasteiger partial charge in [-0.1, -0.05) is 12.1 Å². The number of anilines is 1. The van der Waals surface area contributed by atoms with E-state index in [0.717, 1.165) is 63.5 Å². The Labute approximate surface area is 164 Å². The number of aromatic nitrogens is 2. The lowest BCUT2D eigenvalue weighted by molar-refractivity contribution is -0.123. The predicted octanol–water partition coefficient (Wildman–Crippen LogP) is 1.98. The molecule has 1 aromatic carbocycles. The molecule has 28 heavy (non-hydrogen) atoms. The molecule has 7 heteroatoms. The lowest BCUT2D eigenvalue weighted by Crippen LogP contribution is -2.47. The van der Waals surface area contributed by atoms with Gasteiger partial charge in [-0.25, -0.2) is 14.4 Å². The standard InChI is InChI=1S/C21H26FN5O/c22-18-5-3-17(4-6-18)21(7-8-21)19(28)23-11-2-12-26-13-15-27(16-14-26)20-24-9-1-10-25-20/h1,3-6,9-10H,2,7-8,11-16H2,(H,23,28). The predicted molar refractivity (Wildman–Crippen MR) is 106 cm³/mol. The fourth-order valence-corrected chi connectivity index (χ4v) is 3.84. The van der Waals surface area contributed by atoms with Crippen molar-refractivity contribution < 1.29 is 9.18 Å². The molecule has 1 N–H and O–H groups in total. The quantitative estimate of drug-likeness (QED) is 0.741. The molecular formula is C21H26FN5O. The summed E-state index contributed by atoms with van der Waals surface area (Å²) < 4.78 is 13.1. The summed E-state index contributed by atoms with van der Waals surface area (Å²) in [5.41, 5.74) is 0.486. The van der Waals surface area contributed by atoms with Crippen molar-refractivity contribution in [2.45, 2.75) is 24.7 Å². The molecule has 2 aliphatic rings. The maximum Gasteiger partial charge on any atom is 0.230 e. The first-order valence-electron chi connectivity index (χ1n) is 9.96. The van der Waals surface area contributed by atoms with Crippen LogP contribution in [0.25, 0.3) is 0 Å². The molecule has 148 valence electrons. The van der Waals surface area contributed by atoms with Crippen LogP contribution in [-0.2, 0) is 10.2 Å². The van der Waals surface area contributed by atoms with Crippen molar-refractivity contribution in [2.75, 3.05) is 44.2 Å². The van der Waals surface area contributed by atoms with Gasteiger partial charge < -0.3 is 10.2 Å². The van der Waals surface area contributed by atoms with Crippen LogP contribution in [0.2, 0.25) is 0 Å². The fourth-order valence-electron chi connectivity index (χ4n) is 3.84. The summed E-state index contributed by atoms with van der Waals surface area (Å²) in [7, 11) is 0. The summed E-state index contributed by atoms with van der Waals surface area (Å²) in [6.07, 6.45) is 6.15. The van der Waals surface area contributed by atoms with Gasteiger partial charge in [0.15, 0.2) is 0 Å². The molecule has 0 radical (unpaired) electrons. The summed E-state index contributed by atoms with van der Waals surface area (Å²) in [6.45, 7) is 5.43. The van der Waals surface area contributed by atoms with E-state index >= 15 is 0 Å². The monoisotopic (exact) mass is 383 g/mol. The number of rotatable bonds is 7. The van der Waals surface area contributed by atoms with E-state index in [1.807, 2.05) is 6.07 Å². The Bertz CT molecular complexity index is 786. The van der Waals surface area contributed by atoms with Crippen LogP contribution in [0.15, 0.2) is 42.7 Å². The van der Waals surface area contributed by atoms with E-state index in [1.54, 1.807) is 24.5 Å². The summed E-state index contributed by atoms with van der Waals surface area (Å²) in [6, 6.07) is 8.16. The maximum atomic E-state index is 13.1. The first kappa shape index (κ1) is 18.8. The van der Waals surface area contributed by atoms with Crippen molar-refractivity contribution >= 4 is 11.9 Å². The van der Waals surface area contributed by atoms with Crippen LogP contribution in [-0.4, -0.2) is 60.0 Å². The Morgan fingerprint density at radius 1 is 1.07 bits per heavy atom. The summed E-state index contributed by atoms with van der Waals surface area (Å²) in [5, 5.41) is 3.08. The van der Waals surface area contributed by atoms with Crippen molar-refractivity contribution in [1.82, 2.24) is 20.2 Å². The van der Waals surface area contributed by atoms with Gasteiger partial charge in [-0.2, -0.15) is 0 Å².